The first-order valence-electron chi connectivity index (χ1n) is 3.98. The van der Waals surface area contributed by atoms with E-state index in [-0.39, 0.29) is 11.9 Å². The molecule has 0 bridgehead atoms. The van der Waals surface area contributed by atoms with Crippen molar-refractivity contribution >= 4 is 17.7 Å². The first-order valence-corrected chi connectivity index (χ1v) is 4.36. The van der Waals surface area contributed by atoms with Crippen molar-refractivity contribution in [2.24, 2.45) is 5.73 Å². The Labute approximate surface area is 82.0 Å². The maximum atomic E-state index is 12.7. The average molecular weight is 200 g/mol. The number of rotatable bonds is 2. The lowest BCUT2D eigenvalue weighted by atomic mass is 10.2. The molecule has 0 fully saturated rings. The van der Waals surface area contributed by atoms with Gasteiger partial charge in [-0.2, -0.15) is 0 Å². The van der Waals surface area contributed by atoms with Gasteiger partial charge in [0.1, 0.15) is 5.82 Å². The van der Waals surface area contributed by atoms with Crippen LogP contribution in [0, 0.1) is 5.82 Å². The minimum atomic E-state index is -0.297. The van der Waals surface area contributed by atoms with Crippen molar-refractivity contribution in [2.75, 3.05) is 0 Å². The first kappa shape index (κ1) is 10.2. The molecule has 0 aliphatic heterocycles. The van der Waals surface area contributed by atoms with Gasteiger partial charge in [-0.25, -0.2) is 4.39 Å². The van der Waals surface area contributed by atoms with Crippen LogP contribution in [-0.2, 0) is 0 Å². The quantitative estimate of drug-likeness (QED) is 0.779. The number of nitrogens with two attached hydrogens (primary N) is 1. The van der Waals surface area contributed by atoms with E-state index >= 15 is 0 Å². The molecular formula is C10H11ClFN. The average Bonchev–Trinajstić information content (AvgIpc) is 2.06. The molecule has 13 heavy (non-hydrogen) atoms. The topological polar surface area (TPSA) is 26.0 Å². The second-order valence-electron chi connectivity index (χ2n) is 2.88. The van der Waals surface area contributed by atoms with Gasteiger partial charge in [0.15, 0.2) is 0 Å². The Morgan fingerprint density at radius 2 is 2.23 bits per heavy atom. The Morgan fingerprint density at radius 1 is 1.54 bits per heavy atom. The molecule has 70 valence electrons. The van der Waals surface area contributed by atoms with Crippen LogP contribution in [0.4, 0.5) is 4.39 Å². The van der Waals surface area contributed by atoms with Gasteiger partial charge in [-0.15, -0.1) is 0 Å². The van der Waals surface area contributed by atoms with Gasteiger partial charge < -0.3 is 5.73 Å². The number of hydrogen-bond donors (Lipinski definition) is 1. The second kappa shape index (κ2) is 4.40. The highest BCUT2D eigenvalue weighted by atomic mass is 35.5. The maximum absolute atomic E-state index is 12.7. The zero-order valence-electron chi connectivity index (χ0n) is 7.30. The highest BCUT2D eigenvalue weighted by Gasteiger charge is 1.98. The molecule has 0 heterocycles. The monoisotopic (exact) mass is 199 g/mol. The lowest BCUT2D eigenvalue weighted by Crippen LogP contribution is -2.09. The predicted octanol–water partition coefficient (Wildman–Crippen LogP) is 2.84. The van der Waals surface area contributed by atoms with Crippen molar-refractivity contribution in [3.8, 4) is 0 Å². The van der Waals surface area contributed by atoms with E-state index in [2.05, 4.69) is 0 Å². The highest BCUT2D eigenvalue weighted by molar-refractivity contribution is 6.32. The smallest absolute Gasteiger partial charge is 0.123 e. The highest BCUT2D eigenvalue weighted by Crippen LogP contribution is 2.18. The van der Waals surface area contributed by atoms with Crippen molar-refractivity contribution in [1.29, 1.82) is 0 Å². The van der Waals surface area contributed by atoms with Crippen LogP contribution in [0.5, 0.6) is 0 Å². The Kier molecular flexibility index (Phi) is 3.46. The molecule has 0 saturated carbocycles. The Bertz CT molecular complexity index is 321. The second-order valence-corrected chi connectivity index (χ2v) is 3.29. The fraction of sp³-hybridized carbons (Fsp3) is 0.200. The summed E-state index contributed by atoms with van der Waals surface area (Å²) in [6.45, 7) is 1.84. The number of benzene rings is 1. The van der Waals surface area contributed by atoms with Crippen molar-refractivity contribution in [3.63, 3.8) is 0 Å². The van der Waals surface area contributed by atoms with Crippen LogP contribution in [-0.4, -0.2) is 6.04 Å². The van der Waals surface area contributed by atoms with E-state index in [1.165, 1.54) is 18.2 Å². The van der Waals surface area contributed by atoms with Gasteiger partial charge in [-0.1, -0.05) is 23.8 Å². The maximum Gasteiger partial charge on any atom is 0.123 e. The Morgan fingerprint density at radius 3 is 2.85 bits per heavy atom. The third kappa shape index (κ3) is 3.17. The van der Waals surface area contributed by atoms with E-state index in [0.29, 0.717) is 10.6 Å². The normalized spacial score (nSPS) is 13.5. The molecule has 1 unspecified atom stereocenters. The summed E-state index contributed by atoms with van der Waals surface area (Å²) >= 11 is 5.82. The Balaban J connectivity index is 2.93. The first-order chi connectivity index (χ1) is 6.09. The summed E-state index contributed by atoms with van der Waals surface area (Å²) in [7, 11) is 0. The molecular weight excluding hydrogens is 189 g/mol. The molecule has 0 aliphatic carbocycles. The summed E-state index contributed by atoms with van der Waals surface area (Å²) in [5, 5.41) is 0.526. The molecule has 0 aromatic heterocycles. The van der Waals surface area contributed by atoms with E-state index < -0.39 is 0 Å². The fourth-order valence-electron chi connectivity index (χ4n) is 0.898. The van der Waals surface area contributed by atoms with E-state index in [4.69, 9.17) is 17.3 Å². The summed E-state index contributed by atoms with van der Waals surface area (Å²) in [4.78, 5) is 0. The van der Waals surface area contributed by atoms with Crippen molar-refractivity contribution in [2.45, 2.75) is 13.0 Å². The molecule has 0 amide bonds. The van der Waals surface area contributed by atoms with Gasteiger partial charge in [0.25, 0.3) is 0 Å². The summed E-state index contributed by atoms with van der Waals surface area (Å²) in [6.07, 6.45) is 3.48. The van der Waals surface area contributed by atoms with Crippen LogP contribution >= 0.6 is 11.6 Å². The molecule has 1 aromatic carbocycles. The van der Waals surface area contributed by atoms with Gasteiger partial charge in [0.05, 0.1) is 0 Å². The molecule has 1 rings (SSSR count). The summed E-state index contributed by atoms with van der Waals surface area (Å²) in [5.74, 6) is -0.297. The van der Waals surface area contributed by atoms with Gasteiger partial charge >= 0.3 is 0 Å². The van der Waals surface area contributed by atoms with Crippen LogP contribution in [0.25, 0.3) is 6.08 Å². The zero-order valence-corrected chi connectivity index (χ0v) is 8.05. The molecule has 0 radical (unpaired) electrons. The van der Waals surface area contributed by atoms with E-state index in [1.54, 1.807) is 12.2 Å². The molecule has 1 nitrogen and oxygen atoms in total. The van der Waals surface area contributed by atoms with E-state index in [1.807, 2.05) is 6.92 Å². The van der Waals surface area contributed by atoms with Crippen molar-refractivity contribution in [1.82, 2.24) is 0 Å². The lowest BCUT2D eigenvalue weighted by Gasteiger charge is -1.99. The summed E-state index contributed by atoms with van der Waals surface area (Å²) in [6, 6.07) is 4.17. The van der Waals surface area contributed by atoms with Crippen LogP contribution in [0.2, 0.25) is 5.02 Å². The molecule has 1 aromatic rings. The van der Waals surface area contributed by atoms with Crippen LogP contribution in [0.3, 0.4) is 0 Å². The summed E-state index contributed by atoms with van der Waals surface area (Å²) < 4.78 is 12.7. The molecule has 0 aliphatic rings. The van der Waals surface area contributed by atoms with Crippen LogP contribution in [0.15, 0.2) is 24.3 Å². The third-order valence-corrected chi connectivity index (χ3v) is 1.88. The van der Waals surface area contributed by atoms with Gasteiger partial charge in [0, 0.05) is 11.1 Å². The Hall–Kier alpha value is -0.860. The van der Waals surface area contributed by atoms with Crippen molar-refractivity contribution in [3.05, 3.63) is 40.7 Å². The fourth-order valence-corrected chi connectivity index (χ4v) is 1.08. The predicted molar refractivity (Wildman–Crippen MR) is 54.1 cm³/mol. The number of halogens is 2. The molecule has 0 spiro atoms. The third-order valence-electron chi connectivity index (χ3n) is 1.54. The van der Waals surface area contributed by atoms with Gasteiger partial charge in [0.2, 0.25) is 0 Å². The van der Waals surface area contributed by atoms with Gasteiger partial charge in [-0.05, 0) is 30.7 Å². The minimum Gasteiger partial charge on any atom is -0.325 e. The SMILES string of the molecule is CC(N)/C=C/c1cc(F)ccc1Cl. The van der Waals surface area contributed by atoms with Gasteiger partial charge in [-0.3, -0.25) is 0 Å². The number of hydrogen-bond acceptors (Lipinski definition) is 1. The largest absolute Gasteiger partial charge is 0.325 e. The minimum absolute atomic E-state index is 0.0562. The van der Waals surface area contributed by atoms with E-state index in [0.717, 1.165) is 0 Å². The molecule has 3 heteroatoms. The standard InChI is InChI=1S/C10H11ClFN/c1-7(13)2-3-8-6-9(12)4-5-10(8)11/h2-7H,13H2,1H3/b3-2+. The summed E-state index contributed by atoms with van der Waals surface area (Å²) in [5.41, 5.74) is 6.16. The molecule has 1 atom stereocenters. The molecule has 0 saturated heterocycles. The lowest BCUT2D eigenvalue weighted by molar-refractivity contribution is 0.627. The zero-order chi connectivity index (χ0) is 9.84. The van der Waals surface area contributed by atoms with Crippen LogP contribution < -0.4 is 5.73 Å². The molecule has 2 N–H and O–H groups in total. The van der Waals surface area contributed by atoms with E-state index in [9.17, 15) is 4.39 Å². The van der Waals surface area contributed by atoms with Crippen molar-refractivity contribution < 1.29 is 4.39 Å². The van der Waals surface area contributed by atoms with Crippen LogP contribution in [0.1, 0.15) is 12.5 Å².